The number of carboxylic acids is 1. The van der Waals surface area contributed by atoms with E-state index >= 15 is 0 Å². The quantitative estimate of drug-likeness (QED) is 0.417. The zero-order chi connectivity index (χ0) is 17.6. The average molecular weight is 340 g/mol. The van der Waals surface area contributed by atoms with E-state index in [9.17, 15) is 14.9 Å². The summed E-state index contributed by atoms with van der Waals surface area (Å²) in [7, 11) is 0. The summed E-state index contributed by atoms with van der Waals surface area (Å²) in [6.45, 7) is 9.79. The van der Waals surface area contributed by atoms with Crippen LogP contribution in [0.5, 0.6) is 0 Å². The molecule has 0 aliphatic carbocycles. The van der Waals surface area contributed by atoms with Crippen molar-refractivity contribution in [2.75, 3.05) is 23.7 Å². The number of benzene rings is 1. The monoisotopic (exact) mass is 340 g/mol. The second-order valence-electron chi connectivity index (χ2n) is 6.28. The van der Waals surface area contributed by atoms with Crippen LogP contribution in [0.25, 0.3) is 0 Å². The Hall–Kier alpha value is -1.76. The second kappa shape index (κ2) is 8.76. The predicted molar refractivity (Wildman–Crippen MR) is 93.3 cm³/mol. The highest BCUT2D eigenvalue weighted by atomic mass is 32.2. The van der Waals surface area contributed by atoms with Gasteiger partial charge in [-0.15, -0.1) is 11.8 Å². The number of carbonyl (C=O) groups is 1. The molecule has 0 unspecified atom stereocenters. The third kappa shape index (κ3) is 6.48. The molecule has 0 spiro atoms. The molecule has 0 saturated heterocycles. The van der Waals surface area contributed by atoms with Gasteiger partial charge in [0.1, 0.15) is 5.69 Å². The number of nitro groups is 1. The van der Waals surface area contributed by atoms with Crippen LogP contribution in [-0.2, 0) is 4.79 Å². The van der Waals surface area contributed by atoms with Crippen molar-refractivity contribution in [3.63, 3.8) is 0 Å². The highest BCUT2D eigenvalue weighted by Crippen LogP contribution is 2.33. The summed E-state index contributed by atoms with van der Waals surface area (Å²) < 4.78 is 0. The zero-order valence-electron chi connectivity index (χ0n) is 14.0. The Kier molecular flexibility index (Phi) is 7.35. The predicted octanol–water partition coefficient (Wildman–Crippen LogP) is 3.89. The lowest BCUT2D eigenvalue weighted by molar-refractivity contribution is -0.384. The molecular formula is C16H24N2O4S. The summed E-state index contributed by atoms with van der Waals surface area (Å²) in [6.07, 6.45) is 0. The maximum absolute atomic E-state index is 11.4. The first kappa shape index (κ1) is 19.3. The summed E-state index contributed by atoms with van der Waals surface area (Å²) in [5.41, 5.74) is 0.624. The molecular weight excluding hydrogens is 316 g/mol. The van der Waals surface area contributed by atoms with Gasteiger partial charge >= 0.3 is 5.97 Å². The highest BCUT2D eigenvalue weighted by molar-refractivity contribution is 8.00. The van der Waals surface area contributed by atoms with Crippen molar-refractivity contribution in [3.05, 3.63) is 28.3 Å². The maximum atomic E-state index is 11.4. The first-order valence-electron chi connectivity index (χ1n) is 7.58. The molecule has 0 aliphatic rings. The number of carboxylic acid groups (broad SMARTS) is 1. The minimum atomic E-state index is -0.942. The average Bonchev–Trinajstić information content (AvgIpc) is 2.43. The van der Waals surface area contributed by atoms with Gasteiger partial charge in [-0.2, -0.15) is 0 Å². The van der Waals surface area contributed by atoms with E-state index in [4.69, 9.17) is 5.11 Å². The lowest BCUT2D eigenvalue weighted by Gasteiger charge is -2.28. The summed E-state index contributed by atoms with van der Waals surface area (Å²) in [6, 6.07) is 4.95. The molecule has 0 radical (unpaired) electrons. The van der Waals surface area contributed by atoms with E-state index in [2.05, 4.69) is 27.7 Å². The summed E-state index contributed by atoms with van der Waals surface area (Å²) >= 11 is 1.09. The van der Waals surface area contributed by atoms with Gasteiger partial charge < -0.3 is 10.0 Å². The maximum Gasteiger partial charge on any atom is 0.313 e. The summed E-state index contributed by atoms with van der Waals surface area (Å²) in [5.74, 6) is -0.287. The van der Waals surface area contributed by atoms with Gasteiger partial charge in [-0.25, -0.2) is 0 Å². The molecule has 1 rings (SSSR count). The normalized spacial score (nSPS) is 11.0. The molecule has 1 aromatic carbocycles. The molecule has 6 nitrogen and oxygen atoms in total. The van der Waals surface area contributed by atoms with E-state index in [-0.39, 0.29) is 11.4 Å². The number of hydrogen-bond donors (Lipinski definition) is 1. The number of hydrogen-bond acceptors (Lipinski definition) is 5. The standard InChI is InChI=1S/C16H24N2O4S/c1-11(2)8-17(9-12(3)4)14-6-5-13(23-10-16(19)20)7-15(14)18(21)22/h5-7,11-12H,8-10H2,1-4H3,(H,19,20). The van der Waals surface area contributed by atoms with Crippen LogP contribution in [0, 0.1) is 22.0 Å². The SMILES string of the molecule is CC(C)CN(CC(C)C)c1ccc(SCC(=O)O)cc1[N+](=O)[O-]. The lowest BCUT2D eigenvalue weighted by Crippen LogP contribution is -2.31. The minimum Gasteiger partial charge on any atom is -0.481 e. The van der Waals surface area contributed by atoms with Gasteiger partial charge in [-0.3, -0.25) is 14.9 Å². The van der Waals surface area contributed by atoms with E-state index in [1.807, 2.05) is 4.90 Å². The van der Waals surface area contributed by atoms with Crippen LogP contribution in [0.2, 0.25) is 0 Å². The fourth-order valence-corrected chi connectivity index (χ4v) is 2.95. The number of nitro benzene ring substituents is 1. The molecule has 7 heteroatoms. The smallest absolute Gasteiger partial charge is 0.313 e. The van der Waals surface area contributed by atoms with E-state index in [0.29, 0.717) is 22.4 Å². The second-order valence-corrected chi connectivity index (χ2v) is 7.33. The molecule has 0 atom stereocenters. The number of rotatable bonds is 9. The van der Waals surface area contributed by atoms with Crippen LogP contribution in [0.4, 0.5) is 11.4 Å². The largest absolute Gasteiger partial charge is 0.481 e. The van der Waals surface area contributed by atoms with E-state index < -0.39 is 10.9 Å². The van der Waals surface area contributed by atoms with Crippen LogP contribution in [0.15, 0.2) is 23.1 Å². The first-order chi connectivity index (χ1) is 10.7. The highest BCUT2D eigenvalue weighted by Gasteiger charge is 2.21. The van der Waals surface area contributed by atoms with Crippen molar-refractivity contribution in [1.82, 2.24) is 0 Å². The van der Waals surface area contributed by atoms with E-state index in [0.717, 1.165) is 24.9 Å². The summed E-state index contributed by atoms with van der Waals surface area (Å²) in [4.78, 5) is 24.3. The van der Waals surface area contributed by atoms with Crippen LogP contribution < -0.4 is 4.90 Å². The van der Waals surface area contributed by atoms with Crippen LogP contribution in [-0.4, -0.2) is 34.8 Å². The first-order valence-corrected chi connectivity index (χ1v) is 8.57. The van der Waals surface area contributed by atoms with Gasteiger partial charge in [0.05, 0.1) is 10.7 Å². The van der Waals surface area contributed by atoms with Gasteiger partial charge in [0.2, 0.25) is 0 Å². The fraction of sp³-hybridized carbons (Fsp3) is 0.562. The zero-order valence-corrected chi connectivity index (χ0v) is 14.8. The number of anilines is 1. The van der Waals surface area contributed by atoms with Gasteiger partial charge in [0.25, 0.3) is 5.69 Å². The van der Waals surface area contributed by atoms with Gasteiger partial charge in [0.15, 0.2) is 0 Å². The van der Waals surface area contributed by atoms with Crippen molar-refractivity contribution >= 4 is 29.1 Å². The van der Waals surface area contributed by atoms with Crippen molar-refractivity contribution < 1.29 is 14.8 Å². The summed E-state index contributed by atoms with van der Waals surface area (Å²) in [5, 5.41) is 20.2. The third-order valence-corrected chi connectivity index (χ3v) is 4.00. The Balaban J connectivity index is 3.15. The molecule has 0 aromatic heterocycles. The minimum absolute atomic E-state index is 0.0293. The van der Waals surface area contributed by atoms with Crippen molar-refractivity contribution in [1.29, 1.82) is 0 Å². The molecule has 0 amide bonds. The van der Waals surface area contributed by atoms with Gasteiger partial charge in [-0.05, 0) is 24.0 Å². The van der Waals surface area contributed by atoms with Gasteiger partial charge in [-0.1, -0.05) is 27.7 Å². The van der Waals surface area contributed by atoms with Crippen LogP contribution >= 0.6 is 11.8 Å². The van der Waals surface area contributed by atoms with Crippen molar-refractivity contribution in [3.8, 4) is 0 Å². The molecule has 0 heterocycles. The van der Waals surface area contributed by atoms with Crippen LogP contribution in [0.3, 0.4) is 0 Å². The van der Waals surface area contributed by atoms with E-state index in [1.54, 1.807) is 12.1 Å². The molecule has 0 saturated carbocycles. The Morgan fingerprint density at radius 2 is 1.83 bits per heavy atom. The Morgan fingerprint density at radius 3 is 2.26 bits per heavy atom. The third-order valence-electron chi connectivity index (χ3n) is 3.02. The van der Waals surface area contributed by atoms with Gasteiger partial charge in [0, 0.05) is 24.1 Å². The molecule has 0 fully saturated rings. The van der Waals surface area contributed by atoms with E-state index in [1.165, 1.54) is 6.07 Å². The molecule has 0 bridgehead atoms. The number of nitrogens with zero attached hydrogens (tertiary/aromatic N) is 2. The van der Waals surface area contributed by atoms with Crippen LogP contribution in [0.1, 0.15) is 27.7 Å². The number of thioether (sulfide) groups is 1. The molecule has 0 aliphatic heterocycles. The lowest BCUT2D eigenvalue weighted by atomic mass is 10.1. The Labute approximate surface area is 141 Å². The molecule has 23 heavy (non-hydrogen) atoms. The molecule has 1 N–H and O–H groups in total. The topological polar surface area (TPSA) is 83.7 Å². The molecule has 1 aromatic rings. The number of aliphatic carboxylic acids is 1. The Bertz CT molecular complexity index is 551. The van der Waals surface area contributed by atoms with Crippen molar-refractivity contribution in [2.24, 2.45) is 11.8 Å². The Morgan fingerprint density at radius 1 is 1.26 bits per heavy atom. The van der Waals surface area contributed by atoms with Crippen molar-refractivity contribution in [2.45, 2.75) is 32.6 Å². The molecule has 128 valence electrons. The fourth-order valence-electron chi connectivity index (χ4n) is 2.30.